The second kappa shape index (κ2) is 6.98. The first kappa shape index (κ1) is 16.4. The molecule has 1 fully saturated rings. The number of anilines is 1. The zero-order valence-corrected chi connectivity index (χ0v) is 13.1. The first-order valence-corrected chi connectivity index (χ1v) is 8.07. The van der Waals surface area contributed by atoms with E-state index in [-0.39, 0.29) is 5.82 Å². The van der Waals surface area contributed by atoms with Crippen LogP contribution >= 0.6 is 0 Å². The number of phenols is 1. The lowest BCUT2D eigenvalue weighted by atomic mass is 9.86. The zero-order valence-electron chi connectivity index (χ0n) is 13.1. The average molecular weight is 335 g/mol. The number of nitrogens with one attached hydrogen (secondary N) is 2. The van der Waals surface area contributed by atoms with E-state index in [1.807, 2.05) is 0 Å². The number of carbonyl (C=O) groups is 1. The van der Waals surface area contributed by atoms with E-state index in [4.69, 9.17) is 0 Å². The SMILES string of the molecule is O=C(Nc1cc(CC2CCCCC2)[nH]n1)c1c(F)ccc(O)c1F. The number of nitrogens with zero attached hydrogens (tertiary/aromatic N) is 1. The Hall–Kier alpha value is -2.44. The Bertz CT molecular complexity index is 739. The maximum Gasteiger partial charge on any atom is 0.262 e. The largest absolute Gasteiger partial charge is 0.505 e. The molecule has 1 heterocycles. The van der Waals surface area contributed by atoms with Crippen molar-refractivity contribution < 1.29 is 18.7 Å². The van der Waals surface area contributed by atoms with Crippen molar-refractivity contribution in [2.45, 2.75) is 38.5 Å². The van der Waals surface area contributed by atoms with E-state index >= 15 is 0 Å². The van der Waals surface area contributed by atoms with Crippen LogP contribution in [-0.4, -0.2) is 21.2 Å². The maximum absolute atomic E-state index is 13.8. The van der Waals surface area contributed by atoms with Gasteiger partial charge in [-0.05, 0) is 24.5 Å². The highest BCUT2D eigenvalue weighted by molar-refractivity contribution is 6.04. The molecule has 0 unspecified atom stereocenters. The fourth-order valence-corrected chi connectivity index (χ4v) is 3.16. The van der Waals surface area contributed by atoms with Gasteiger partial charge in [-0.25, -0.2) is 8.78 Å². The van der Waals surface area contributed by atoms with E-state index < -0.39 is 28.9 Å². The summed E-state index contributed by atoms with van der Waals surface area (Å²) in [7, 11) is 0. The second-order valence-electron chi connectivity index (χ2n) is 6.20. The van der Waals surface area contributed by atoms with Gasteiger partial charge in [-0.3, -0.25) is 9.89 Å². The van der Waals surface area contributed by atoms with Gasteiger partial charge in [-0.2, -0.15) is 5.10 Å². The second-order valence-corrected chi connectivity index (χ2v) is 6.20. The normalized spacial score (nSPS) is 15.4. The molecule has 0 saturated heterocycles. The summed E-state index contributed by atoms with van der Waals surface area (Å²) in [6.07, 6.45) is 6.96. The summed E-state index contributed by atoms with van der Waals surface area (Å²) in [5.74, 6) is -3.29. The molecule has 5 nitrogen and oxygen atoms in total. The zero-order chi connectivity index (χ0) is 17.1. The van der Waals surface area contributed by atoms with Gasteiger partial charge in [-0.1, -0.05) is 32.1 Å². The van der Waals surface area contributed by atoms with Crippen LogP contribution in [0, 0.1) is 17.6 Å². The molecule has 24 heavy (non-hydrogen) atoms. The highest BCUT2D eigenvalue weighted by atomic mass is 19.1. The predicted molar refractivity (Wildman–Crippen MR) is 84.8 cm³/mol. The summed E-state index contributed by atoms with van der Waals surface area (Å²) in [5, 5.41) is 18.4. The Kier molecular flexibility index (Phi) is 4.78. The van der Waals surface area contributed by atoms with Crippen LogP contribution < -0.4 is 5.32 Å². The van der Waals surface area contributed by atoms with E-state index in [1.165, 1.54) is 32.1 Å². The molecule has 1 aliphatic rings. The smallest absolute Gasteiger partial charge is 0.262 e. The van der Waals surface area contributed by atoms with Crippen LogP contribution in [-0.2, 0) is 6.42 Å². The summed E-state index contributed by atoms with van der Waals surface area (Å²) in [4.78, 5) is 12.1. The van der Waals surface area contributed by atoms with E-state index in [1.54, 1.807) is 6.07 Å². The van der Waals surface area contributed by atoms with Crippen molar-refractivity contribution in [3.63, 3.8) is 0 Å². The van der Waals surface area contributed by atoms with Gasteiger partial charge in [0.25, 0.3) is 5.91 Å². The van der Waals surface area contributed by atoms with Gasteiger partial charge in [0.2, 0.25) is 0 Å². The molecular weight excluding hydrogens is 316 g/mol. The number of amides is 1. The minimum atomic E-state index is -1.29. The number of hydrogen-bond acceptors (Lipinski definition) is 3. The fourth-order valence-electron chi connectivity index (χ4n) is 3.16. The number of aromatic hydroxyl groups is 1. The van der Waals surface area contributed by atoms with Crippen molar-refractivity contribution in [1.82, 2.24) is 10.2 Å². The molecule has 1 amide bonds. The van der Waals surface area contributed by atoms with Gasteiger partial charge in [0.05, 0.1) is 0 Å². The Labute approximate surface area is 138 Å². The number of benzene rings is 1. The molecule has 3 N–H and O–H groups in total. The van der Waals surface area contributed by atoms with Gasteiger partial charge >= 0.3 is 0 Å². The quantitative estimate of drug-likeness (QED) is 0.796. The third kappa shape index (κ3) is 3.55. The predicted octanol–water partition coefficient (Wildman–Crippen LogP) is 3.77. The van der Waals surface area contributed by atoms with Crippen LogP contribution in [0.3, 0.4) is 0 Å². The Morgan fingerprint density at radius 1 is 1.29 bits per heavy atom. The number of aromatic amines is 1. The van der Waals surface area contributed by atoms with E-state index in [9.17, 15) is 18.7 Å². The molecule has 1 aromatic carbocycles. The van der Waals surface area contributed by atoms with Crippen molar-refractivity contribution in [2.75, 3.05) is 5.32 Å². The third-order valence-corrected chi connectivity index (χ3v) is 4.40. The average Bonchev–Trinajstić information content (AvgIpc) is 2.99. The summed E-state index contributed by atoms with van der Waals surface area (Å²) in [6.45, 7) is 0. The number of hydrogen-bond donors (Lipinski definition) is 3. The minimum Gasteiger partial charge on any atom is -0.505 e. The fraction of sp³-hybridized carbons (Fsp3) is 0.412. The van der Waals surface area contributed by atoms with Gasteiger partial charge in [0.1, 0.15) is 11.4 Å². The van der Waals surface area contributed by atoms with Crippen molar-refractivity contribution in [3.8, 4) is 5.75 Å². The van der Waals surface area contributed by atoms with E-state index in [0.717, 1.165) is 24.2 Å². The molecule has 0 bridgehead atoms. The Balaban J connectivity index is 1.68. The molecule has 0 spiro atoms. The van der Waals surface area contributed by atoms with Crippen LogP contribution in [0.4, 0.5) is 14.6 Å². The molecule has 1 aromatic heterocycles. The molecule has 0 atom stereocenters. The molecule has 1 saturated carbocycles. The molecule has 7 heteroatoms. The van der Waals surface area contributed by atoms with Crippen molar-refractivity contribution in [3.05, 3.63) is 41.1 Å². The van der Waals surface area contributed by atoms with E-state index in [0.29, 0.717) is 5.92 Å². The first-order valence-electron chi connectivity index (χ1n) is 8.07. The summed E-state index contributed by atoms with van der Waals surface area (Å²) < 4.78 is 27.4. The number of rotatable bonds is 4. The van der Waals surface area contributed by atoms with Crippen LogP contribution in [0.5, 0.6) is 5.75 Å². The topological polar surface area (TPSA) is 78.0 Å². The Morgan fingerprint density at radius 3 is 2.79 bits per heavy atom. The standard InChI is InChI=1S/C17H19F2N3O2/c18-12-6-7-13(23)16(19)15(12)17(24)20-14-9-11(21-22-14)8-10-4-2-1-3-5-10/h6-7,9-10,23H,1-5,8H2,(H2,20,21,22,24). The number of aromatic nitrogens is 2. The van der Waals surface area contributed by atoms with Gasteiger partial charge in [0, 0.05) is 11.8 Å². The lowest BCUT2D eigenvalue weighted by Gasteiger charge is -2.20. The van der Waals surface area contributed by atoms with Crippen molar-refractivity contribution in [1.29, 1.82) is 0 Å². The highest BCUT2D eigenvalue weighted by Crippen LogP contribution is 2.27. The summed E-state index contributed by atoms with van der Waals surface area (Å²) >= 11 is 0. The lowest BCUT2D eigenvalue weighted by molar-refractivity contribution is 0.101. The van der Waals surface area contributed by atoms with Crippen molar-refractivity contribution >= 4 is 11.7 Å². The third-order valence-electron chi connectivity index (χ3n) is 4.40. The maximum atomic E-state index is 13.8. The van der Waals surface area contributed by atoms with Gasteiger partial charge < -0.3 is 10.4 Å². The molecule has 3 rings (SSSR count). The first-order chi connectivity index (χ1) is 11.5. The van der Waals surface area contributed by atoms with Crippen LogP contribution in [0.1, 0.15) is 48.2 Å². The highest BCUT2D eigenvalue weighted by Gasteiger charge is 2.21. The summed E-state index contributed by atoms with van der Waals surface area (Å²) in [6, 6.07) is 3.37. The van der Waals surface area contributed by atoms with Crippen molar-refractivity contribution in [2.24, 2.45) is 5.92 Å². The van der Waals surface area contributed by atoms with Crippen LogP contribution in [0.25, 0.3) is 0 Å². The molecular formula is C17H19F2N3O2. The minimum absolute atomic E-state index is 0.202. The molecule has 2 aromatic rings. The van der Waals surface area contributed by atoms with Crippen LogP contribution in [0.2, 0.25) is 0 Å². The lowest BCUT2D eigenvalue weighted by Crippen LogP contribution is -2.16. The van der Waals surface area contributed by atoms with Crippen LogP contribution in [0.15, 0.2) is 18.2 Å². The Morgan fingerprint density at radius 2 is 2.04 bits per heavy atom. The van der Waals surface area contributed by atoms with E-state index in [2.05, 4.69) is 15.5 Å². The van der Waals surface area contributed by atoms with Gasteiger partial charge in [-0.15, -0.1) is 0 Å². The molecule has 0 radical (unpaired) electrons. The molecule has 1 aliphatic carbocycles. The number of carbonyl (C=O) groups excluding carboxylic acids is 1. The number of phenolic OH excluding ortho intramolecular Hbond substituents is 1. The monoisotopic (exact) mass is 335 g/mol. The molecule has 0 aliphatic heterocycles. The number of halogens is 2. The van der Waals surface area contributed by atoms with Gasteiger partial charge in [0.15, 0.2) is 17.4 Å². The number of H-pyrrole nitrogens is 1. The molecule has 128 valence electrons. The summed E-state index contributed by atoms with van der Waals surface area (Å²) in [5.41, 5.74) is 0.0564.